The second kappa shape index (κ2) is 7.23. The van der Waals surface area contributed by atoms with E-state index in [2.05, 4.69) is 13.8 Å². The molecule has 2 unspecified atom stereocenters. The molecule has 0 aromatic heterocycles. The van der Waals surface area contributed by atoms with Crippen molar-refractivity contribution in [1.82, 2.24) is 4.90 Å². The Hall–Kier alpha value is -2.04. The molecule has 0 bridgehead atoms. The number of carboxylic acids is 1. The summed E-state index contributed by atoms with van der Waals surface area (Å²) in [5.74, 6) is 1.86. The number of carboxylic acid groups (broad SMARTS) is 1. The molecular weight excluding hydrogens is 402 g/mol. The van der Waals surface area contributed by atoms with Crippen LogP contribution in [0.3, 0.4) is 0 Å². The van der Waals surface area contributed by atoms with Crippen LogP contribution < -0.4 is 4.74 Å². The highest BCUT2D eigenvalue weighted by Crippen LogP contribution is 2.70. The van der Waals surface area contributed by atoms with Crippen LogP contribution >= 0.6 is 0 Å². The van der Waals surface area contributed by atoms with E-state index in [1.54, 1.807) is 7.11 Å². The van der Waals surface area contributed by atoms with Gasteiger partial charge in [0.05, 0.1) is 12.5 Å². The van der Waals surface area contributed by atoms with Gasteiger partial charge in [-0.15, -0.1) is 0 Å². The zero-order valence-electron chi connectivity index (χ0n) is 19.9. The highest BCUT2D eigenvalue weighted by atomic mass is 16.5. The van der Waals surface area contributed by atoms with Gasteiger partial charge in [0.1, 0.15) is 5.75 Å². The number of aliphatic carboxylic acids is 1. The van der Waals surface area contributed by atoms with E-state index in [0.717, 1.165) is 49.8 Å². The lowest BCUT2D eigenvalue weighted by atomic mass is 9.44. The van der Waals surface area contributed by atoms with E-state index in [1.807, 2.05) is 36.2 Å². The first-order chi connectivity index (χ1) is 15.2. The fraction of sp³-hybridized carbons (Fsp3) is 0.704. The molecule has 174 valence electrons. The summed E-state index contributed by atoms with van der Waals surface area (Å²) in [6, 6.07) is 8.11. The third-order valence-electron chi connectivity index (χ3n) is 10.7. The monoisotopic (exact) mass is 439 g/mol. The number of carbonyl (C=O) groups is 2. The van der Waals surface area contributed by atoms with Crippen molar-refractivity contribution in [3.05, 3.63) is 29.8 Å². The lowest BCUT2D eigenvalue weighted by Crippen LogP contribution is -2.62. The summed E-state index contributed by atoms with van der Waals surface area (Å²) in [6.45, 7) is 4.68. The van der Waals surface area contributed by atoms with Gasteiger partial charge in [-0.05, 0) is 91.2 Å². The minimum Gasteiger partial charge on any atom is -0.497 e. The van der Waals surface area contributed by atoms with Crippen molar-refractivity contribution in [1.29, 1.82) is 0 Å². The molecule has 1 saturated heterocycles. The Labute approximate surface area is 191 Å². The topological polar surface area (TPSA) is 66.8 Å². The summed E-state index contributed by atoms with van der Waals surface area (Å²) in [5, 5.41) is 10.7. The number of benzene rings is 1. The van der Waals surface area contributed by atoms with Crippen molar-refractivity contribution >= 4 is 11.9 Å². The van der Waals surface area contributed by atoms with E-state index < -0.39 is 11.4 Å². The summed E-state index contributed by atoms with van der Waals surface area (Å²) < 4.78 is 5.46. The fourth-order valence-corrected chi connectivity index (χ4v) is 9.03. The number of methoxy groups -OCH3 is 1. The average Bonchev–Trinajstić information content (AvgIpc) is 3.11. The highest BCUT2D eigenvalue weighted by Gasteiger charge is 2.68. The van der Waals surface area contributed by atoms with Crippen molar-refractivity contribution in [3.63, 3.8) is 0 Å². The van der Waals surface area contributed by atoms with Gasteiger partial charge in [0.25, 0.3) is 0 Å². The molecule has 1 aromatic rings. The Bertz CT molecular complexity index is 945. The van der Waals surface area contributed by atoms with Gasteiger partial charge >= 0.3 is 5.97 Å². The number of nitrogens with zero attached hydrogens (tertiary/aromatic N) is 1. The SMILES string of the molecule is COc1cccc(C2(C(=O)O)CC[C@H]3[C@@H]4CCC5N(C)C(=O)CC[C@]5(C)[C@@H]4CC[C@@]32C)c1. The van der Waals surface area contributed by atoms with Crippen molar-refractivity contribution in [2.75, 3.05) is 14.2 Å². The summed E-state index contributed by atoms with van der Waals surface area (Å²) in [4.78, 5) is 27.5. The maximum absolute atomic E-state index is 13.0. The van der Waals surface area contributed by atoms with Crippen LogP contribution in [0.2, 0.25) is 0 Å². The van der Waals surface area contributed by atoms with E-state index >= 15 is 0 Å². The predicted molar refractivity (Wildman–Crippen MR) is 122 cm³/mol. The van der Waals surface area contributed by atoms with Gasteiger partial charge in [-0.3, -0.25) is 9.59 Å². The largest absolute Gasteiger partial charge is 0.497 e. The molecule has 0 radical (unpaired) electrons. The predicted octanol–water partition coefficient (Wildman–Crippen LogP) is 4.88. The lowest BCUT2D eigenvalue weighted by Gasteiger charge is -2.62. The van der Waals surface area contributed by atoms with Crippen LogP contribution in [0.1, 0.15) is 70.8 Å². The number of piperidine rings is 1. The van der Waals surface area contributed by atoms with E-state index in [9.17, 15) is 14.7 Å². The standard InChI is InChI=1S/C27H37NO4/c1-25-13-12-23(29)28(3)22(25)9-8-19-20(25)10-14-26(2)21(19)11-15-27(26,24(30)31)17-6-5-7-18(16-17)32-4/h5-7,16,19-22H,8-15H2,1-4H3,(H,30,31)/t19-,20-,21+,22?,25-,26+,27?/m1/s1. The summed E-state index contributed by atoms with van der Waals surface area (Å²) >= 11 is 0. The van der Waals surface area contributed by atoms with Gasteiger partial charge in [0.15, 0.2) is 0 Å². The molecule has 5 heteroatoms. The smallest absolute Gasteiger partial charge is 0.314 e. The first-order valence-corrected chi connectivity index (χ1v) is 12.3. The summed E-state index contributed by atoms with van der Waals surface area (Å²) in [5.41, 5.74) is -0.0898. The Kier molecular flexibility index (Phi) is 4.92. The molecule has 1 N–H and O–H groups in total. The van der Waals surface area contributed by atoms with Gasteiger partial charge in [-0.25, -0.2) is 0 Å². The maximum atomic E-state index is 13.0. The average molecular weight is 440 g/mol. The van der Waals surface area contributed by atoms with Gasteiger partial charge in [-0.2, -0.15) is 0 Å². The molecule has 3 saturated carbocycles. The molecule has 7 atom stereocenters. The second-order valence-corrected chi connectivity index (χ2v) is 11.4. The zero-order valence-corrected chi connectivity index (χ0v) is 19.9. The van der Waals surface area contributed by atoms with E-state index in [4.69, 9.17) is 4.74 Å². The minimum absolute atomic E-state index is 0.150. The quantitative estimate of drug-likeness (QED) is 0.729. The second-order valence-electron chi connectivity index (χ2n) is 11.4. The van der Waals surface area contributed by atoms with Crippen LogP contribution in [0, 0.1) is 28.6 Å². The number of rotatable bonds is 3. The first kappa shape index (κ1) is 21.8. The van der Waals surface area contributed by atoms with Crippen LogP contribution in [0.5, 0.6) is 5.75 Å². The van der Waals surface area contributed by atoms with Crippen LogP contribution in [-0.4, -0.2) is 42.1 Å². The zero-order chi connectivity index (χ0) is 22.9. The normalized spacial score (nSPS) is 43.2. The molecule has 1 aliphatic heterocycles. The van der Waals surface area contributed by atoms with E-state index in [-0.39, 0.29) is 16.7 Å². The van der Waals surface area contributed by atoms with E-state index in [1.165, 1.54) is 0 Å². The van der Waals surface area contributed by atoms with Crippen LogP contribution in [0.4, 0.5) is 0 Å². The molecule has 5 rings (SSSR count). The number of fused-ring (bicyclic) bond motifs is 5. The molecule has 3 aliphatic carbocycles. The molecule has 4 aliphatic rings. The third-order valence-corrected chi connectivity index (χ3v) is 10.7. The minimum atomic E-state index is -0.867. The number of amides is 1. The van der Waals surface area contributed by atoms with Crippen molar-refractivity contribution in [3.8, 4) is 5.75 Å². The van der Waals surface area contributed by atoms with Crippen LogP contribution in [0.15, 0.2) is 24.3 Å². The van der Waals surface area contributed by atoms with Crippen molar-refractivity contribution < 1.29 is 19.4 Å². The van der Waals surface area contributed by atoms with Crippen LogP contribution in [0.25, 0.3) is 0 Å². The Morgan fingerprint density at radius 2 is 1.84 bits per heavy atom. The lowest BCUT2D eigenvalue weighted by molar-refractivity contribution is -0.165. The molecular formula is C27H37NO4. The molecule has 1 aromatic carbocycles. The number of likely N-dealkylation sites (tertiary alicyclic amines) is 1. The Morgan fingerprint density at radius 1 is 1.09 bits per heavy atom. The number of carbonyl (C=O) groups excluding carboxylic acids is 1. The fourth-order valence-electron chi connectivity index (χ4n) is 9.03. The first-order valence-electron chi connectivity index (χ1n) is 12.3. The molecule has 32 heavy (non-hydrogen) atoms. The van der Waals surface area contributed by atoms with Gasteiger partial charge in [0.2, 0.25) is 5.91 Å². The van der Waals surface area contributed by atoms with Gasteiger partial charge < -0.3 is 14.7 Å². The Balaban J connectivity index is 1.53. The molecule has 1 amide bonds. The van der Waals surface area contributed by atoms with Crippen molar-refractivity contribution in [2.24, 2.45) is 28.6 Å². The van der Waals surface area contributed by atoms with Crippen molar-refractivity contribution in [2.45, 2.75) is 76.7 Å². The Morgan fingerprint density at radius 3 is 2.56 bits per heavy atom. The molecule has 1 heterocycles. The summed E-state index contributed by atoms with van der Waals surface area (Å²) in [6.07, 6.45) is 7.44. The summed E-state index contributed by atoms with van der Waals surface area (Å²) in [7, 11) is 3.63. The third kappa shape index (κ3) is 2.63. The van der Waals surface area contributed by atoms with Crippen LogP contribution in [-0.2, 0) is 15.0 Å². The molecule has 5 nitrogen and oxygen atoms in total. The number of hydrogen-bond acceptors (Lipinski definition) is 3. The van der Waals surface area contributed by atoms with Gasteiger partial charge in [0, 0.05) is 19.5 Å². The number of hydrogen-bond donors (Lipinski definition) is 1. The maximum Gasteiger partial charge on any atom is 0.314 e. The molecule has 4 fully saturated rings. The van der Waals surface area contributed by atoms with E-state index in [0.29, 0.717) is 36.6 Å². The molecule has 0 spiro atoms. The number of ether oxygens (including phenoxy) is 1. The van der Waals surface area contributed by atoms with Gasteiger partial charge in [-0.1, -0.05) is 26.0 Å². The highest BCUT2D eigenvalue weighted by molar-refractivity contribution is 5.84.